The predicted octanol–water partition coefficient (Wildman–Crippen LogP) is 3.92. The smallest absolute Gasteiger partial charge is 0.406 e. The highest BCUT2D eigenvalue weighted by atomic mass is 19.4. The van der Waals surface area contributed by atoms with Gasteiger partial charge in [-0.05, 0) is 36.6 Å². The molecule has 0 bridgehead atoms. The average molecular weight is 364 g/mol. The molecule has 0 saturated carbocycles. The third-order valence-electron chi connectivity index (χ3n) is 4.19. The molecular formula is C16H17F5N2O2. The van der Waals surface area contributed by atoms with Gasteiger partial charge in [0.25, 0.3) is 0 Å². The minimum atomic E-state index is -4.74. The Morgan fingerprint density at radius 1 is 1.28 bits per heavy atom. The Labute approximate surface area is 140 Å². The van der Waals surface area contributed by atoms with Crippen molar-refractivity contribution in [3.63, 3.8) is 0 Å². The van der Waals surface area contributed by atoms with Gasteiger partial charge in [0.15, 0.2) is 0 Å². The number of H-pyrrole nitrogens is 1. The van der Waals surface area contributed by atoms with Gasteiger partial charge in [-0.1, -0.05) is 0 Å². The highest BCUT2D eigenvalue weighted by Crippen LogP contribution is 2.28. The molecule has 0 spiro atoms. The van der Waals surface area contributed by atoms with Crippen LogP contribution in [0.3, 0.4) is 0 Å². The molecule has 0 radical (unpaired) electrons. The molecular weight excluding hydrogens is 347 g/mol. The Balaban J connectivity index is 1.63. The van der Waals surface area contributed by atoms with Gasteiger partial charge in [-0.15, -0.1) is 13.2 Å². The fourth-order valence-electron chi connectivity index (χ4n) is 3.10. The van der Waals surface area contributed by atoms with E-state index in [1.165, 1.54) is 18.2 Å². The number of halogens is 5. The minimum Gasteiger partial charge on any atom is -0.406 e. The summed E-state index contributed by atoms with van der Waals surface area (Å²) in [5, 5.41) is 0.654. The summed E-state index contributed by atoms with van der Waals surface area (Å²) in [6.45, 7) is -1.08. The summed E-state index contributed by atoms with van der Waals surface area (Å²) >= 11 is 0. The summed E-state index contributed by atoms with van der Waals surface area (Å²) in [5.74, 6) is -0.271. The maximum absolute atomic E-state index is 12.3. The Kier molecular flexibility index (Phi) is 5.14. The second-order valence-corrected chi connectivity index (χ2v) is 5.93. The van der Waals surface area contributed by atoms with Crippen LogP contribution in [0.4, 0.5) is 22.0 Å². The van der Waals surface area contributed by atoms with E-state index in [2.05, 4.69) is 14.5 Å². The number of benzene rings is 1. The number of aromatic nitrogens is 1. The van der Waals surface area contributed by atoms with Crippen molar-refractivity contribution in [2.45, 2.75) is 31.9 Å². The summed E-state index contributed by atoms with van der Waals surface area (Å²) < 4.78 is 69.9. The highest BCUT2D eigenvalue weighted by Gasteiger charge is 2.31. The SMILES string of the molecule is FC(F)O[C@H]1CCN(CCc2c[nH]c3ccc(OC(F)(F)F)cc23)C1. The molecule has 0 unspecified atom stereocenters. The second-order valence-electron chi connectivity index (χ2n) is 5.93. The number of hydrogen-bond acceptors (Lipinski definition) is 3. The van der Waals surface area contributed by atoms with Crippen LogP contribution in [-0.2, 0) is 11.2 Å². The molecule has 4 nitrogen and oxygen atoms in total. The Morgan fingerprint density at radius 2 is 2.08 bits per heavy atom. The third-order valence-corrected chi connectivity index (χ3v) is 4.19. The molecule has 9 heteroatoms. The molecule has 1 saturated heterocycles. The molecule has 0 amide bonds. The number of nitrogens with one attached hydrogen (secondary N) is 1. The molecule has 1 aromatic carbocycles. The van der Waals surface area contributed by atoms with Gasteiger partial charge in [0, 0.05) is 36.7 Å². The first-order chi connectivity index (χ1) is 11.8. The van der Waals surface area contributed by atoms with Crippen LogP contribution >= 0.6 is 0 Å². The first-order valence-electron chi connectivity index (χ1n) is 7.82. The second kappa shape index (κ2) is 7.17. The van der Waals surface area contributed by atoms with Crippen molar-refractivity contribution in [1.82, 2.24) is 9.88 Å². The summed E-state index contributed by atoms with van der Waals surface area (Å²) in [7, 11) is 0. The summed E-state index contributed by atoms with van der Waals surface area (Å²) in [4.78, 5) is 5.01. The van der Waals surface area contributed by atoms with Crippen LogP contribution in [0.25, 0.3) is 10.9 Å². The van der Waals surface area contributed by atoms with Crippen molar-refractivity contribution in [2.75, 3.05) is 19.6 Å². The van der Waals surface area contributed by atoms with E-state index >= 15 is 0 Å². The standard InChI is InChI=1S/C16H17F5N2O2/c17-15(18)24-12-4-6-23(9-12)5-3-10-8-22-14-2-1-11(7-13(10)14)25-16(19,20)21/h1-2,7-8,12,15,22H,3-6,9H2/t12-/m0/s1. The van der Waals surface area contributed by atoms with Crippen molar-refractivity contribution >= 4 is 10.9 Å². The lowest BCUT2D eigenvalue weighted by Gasteiger charge is -2.15. The van der Waals surface area contributed by atoms with E-state index in [0.29, 0.717) is 43.4 Å². The topological polar surface area (TPSA) is 37.5 Å². The monoisotopic (exact) mass is 364 g/mol. The van der Waals surface area contributed by atoms with Crippen LogP contribution in [0, 0.1) is 0 Å². The number of likely N-dealkylation sites (tertiary alicyclic amines) is 1. The quantitative estimate of drug-likeness (QED) is 0.790. The Hall–Kier alpha value is -1.87. The van der Waals surface area contributed by atoms with Crippen molar-refractivity contribution in [1.29, 1.82) is 0 Å². The van der Waals surface area contributed by atoms with Crippen molar-refractivity contribution < 1.29 is 31.4 Å². The van der Waals surface area contributed by atoms with E-state index in [1.54, 1.807) is 6.20 Å². The third kappa shape index (κ3) is 4.82. The van der Waals surface area contributed by atoms with Crippen LogP contribution in [0.15, 0.2) is 24.4 Å². The lowest BCUT2D eigenvalue weighted by atomic mass is 10.1. The maximum atomic E-state index is 12.3. The number of aromatic amines is 1. The summed E-state index contributed by atoms with van der Waals surface area (Å²) in [5.41, 5.74) is 1.56. The molecule has 2 heterocycles. The van der Waals surface area contributed by atoms with Crippen molar-refractivity contribution in [2.24, 2.45) is 0 Å². The molecule has 3 rings (SSSR count). The molecule has 0 aliphatic carbocycles. The fraction of sp³-hybridized carbons (Fsp3) is 0.500. The van der Waals surface area contributed by atoms with Gasteiger partial charge in [0.2, 0.25) is 0 Å². The van der Waals surface area contributed by atoms with E-state index in [0.717, 1.165) is 5.56 Å². The van der Waals surface area contributed by atoms with E-state index < -0.39 is 19.1 Å². The molecule has 1 aromatic heterocycles. The summed E-state index contributed by atoms with van der Waals surface area (Å²) in [6, 6.07) is 4.13. The molecule has 2 aromatic rings. The number of fused-ring (bicyclic) bond motifs is 1. The number of nitrogens with zero attached hydrogens (tertiary/aromatic N) is 1. The molecule has 1 N–H and O–H groups in total. The molecule has 25 heavy (non-hydrogen) atoms. The first kappa shape index (κ1) is 17.9. The number of ether oxygens (including phenoxy) is 2. The zero-order chi connectivity index (χ0) is 18.0. The number of rotatable bonds is 6. The number of alkyl halides is 5. The van der Waals surface area contributed by atoms with Gasteiger partial charge in [-0.3, -0.25) is 0 Å². The van der Waals surface area contributed by atoms with Crippen LogP contribution in [0.1, 0.15) is 12.0 Å². The van der Waals surface area contributed by atoms with Gasteiger partial charge >= 0.3 is 13.0 Å². The van der Waals surface area contributed by atoms with E-state index in [4.69, 9.17) is 0 Å². The normalized spacial score (nSPS) is 19.2. The van der Waals surface area contributed by atoms with E-state index in [9.17, 15) is 22.0 Å². The molecule has 1 aliphatic rings. The Bertz CT molecular complexity index is 716. The molecule has 138 valence electrons. The van der Waals surface area contributed by atoms with Crippen molar-refractivity contribution in [3.8, 4) is 5.75 Å². The lowest BCUT2D eigenvalue weighted by molar-refractivity contribution is -0.274. The van der Waals surface area contributed by atoms with E-state index in [-0.39, 0.29) is 5.75 Å². The van der Waals surface area contributed by atoms with Gasteiger partial charge < -0.3 is 19.4 Å². The van der Waals surface area contributed by atoms with Crippen LogP contribution in [0.5, 0.6) is 5.75 Å². The van der Waals surface area contributed by atoms with Gasteiger partial charge in [0.05, 0.1) is 6.10 Å². The predicted molar refractivity (Wildman–Crippen MR) is 80.6 cm³/mol. The zero-order valence-electron chi connectivity index (χ0n) is 13.2. The fourth-order valence-corrected chi connectivity index (χ4v) is 3.10. The molecule has 1 atom stereocenters. The zero-order valence-corrected chi connectivity index (χ0v) is 13.2. The van der Waals surface area contributed by atoms with Gasteiger partial charge in [-0.25, -0.2) is 0 Å². The lowest BCUT2D eigenvalue weighted by Crippen LogP contribution is -2.26. The van der Waals surface area contributed by atoms with Crippen LogP contribution in [0.2, 0.25) is 0 Å². The molecule has 1 fully saturated rings. The summed E-state index contributed by atoms with van der Waals surface area (Å²) in [6.07, 6.45) is -2.35. The molecule has 1 aliphatic heterocycles. The average Bonchev–Trinajstić information content (AvgIpc) is 3.09. The van der Waals surface area contributed by atoms with Gasteiger partial charge in [0.1, 0.15) is 5.75 Å². The first-order valence-corrected chi connectivity index (χ1v) is 7.82. The number of hydrogen-bond donors (Lipinski definition) is 1. The minimum absolute atomic E-state index is 0.271. The van der Waals surface area contributed by atoms with Crippen LogP contribution in [-0.4, -0.2) is 48.6 Å². The van der Waals surface area contributed by atoms with E-state index in [1.807, 2.05) is 4.90 Å². The highest BCUT2D eigenvalue weighted by molar-refractivity contribution is 5.84. The Morgan fingerprint density at radius 3 is 2.80 bits per heavy atom. The largest absolute Gasteiger partial charge is 0.573 e. The maximum Gasteiger partial charge on any atom is 0.573 e. The van der Waals surface area contributed by atoms with Crippen molar-refractivity contribution in [3.05, 3.63) is 30.0 Å². The van der Waals surface area contributed by atoms with Gasteiger partial charge in [-0.2, -0.15) is 8.78 Å². The van der Waals surface area contributed by atoms with Crippen LogP contribution < -0.4 is 4.74 Å².